The maximum atomic E-state index is 12.2. The first-order chi connectivity index (χ1) is 10.2. The molecule has 0 radical (unpaired) electrons. The van der Waals surface area contributed by atoms with Crippen molar-refractivity contribution in [2.24, 2.45) is 0 Å². The summed E-state index contributed by atoms with van der Waals surface area (Å²) in [5.74, 6) is 0.658. The summed E-state index contributed by atoms with van der Waals surface area (Å²) in [5.41, 5.74) is 2.57. The lowest BCUT2D eigenvalue weighted by Gasteiger charge is -2.05. The van der Waals surface area contributed by atoms with Gasteiger partial charge in [0.2, 0.25) is 0 Å². The molecule has 102 valence electrons. The fraction of sp³-hybridized carbons (Fsp3) is 0.0625. The van der Waals surface area contributed by atoms with Crippen LogP contribution < -0.4 is 10.3 Å². The Hall–Kier alpha value is -3.13. The monoisotopic (exact) mass is 277 g/mol. The van der Waals surface area contributed by atoms with Gasteiger partial charge in [0.15, 0.2) is 0 Å². The van der Waals surface area contributed by atoms with Crippen LogP contribution in [0.15, 0.2) is 47.3 Å². The summed E-state index contributed by atoms with van der Waals surface area (Å²) in [6.07, 6.45) is 0. The number of hydrogen-bond donors (Lipinski definition) is 1. The van der Waals surface area contributed by atoms with Crippen molar-refractivity contribution in [2.45, 2.75) is 0 Å². The zero-order valence-corrected chi connectivity index (χ0v) is 11.3. The number of nitrogens with zero attached hydrogens (tertiary/aromatic N) is 2. The first-order valence-corrected chi connectivity index (χ1v) is 6.30. The summed E-state index contributed by atoms with van der Waals surface area (Å²) in [6.45, 7) is 0. The van der Waals surface area contributed by atoms with Crippen LogP contribution in [0, 0.1) is 11.3 Å². The van der Waals surface area contributed by atoms with E-state index in [-0.39, 0.29) is 5.56 Å². The molecule has 2 aromatic carbocycles. The highest BCUT2D eigenvalue weighted by atomic mass is 16.5. The van der Waals surface area contributed by atoms with Crippen LogP contribution in [-0.2, 0) is 0 Å². The summed E-state index contributed by atoms with van der Waals surface area (Å²) in [4.78, 5) is 19.4. The molecule has 0 bridgehead atoms. The van der Waals surface area contributed by atoms with Crippen LogP contribution in [0.1, 0.15) is 5.56 Å². The van der Waals surface area contributed by atoms with E-state index in [4.69, 9.17) is 10.00 Å². The second-order valence-corrected chi connectivity index (χ2v) is 4.49. The van der Waals surface area contributed by atoms with Gasteiger partial charge in [-0.3, -0.25) is 4.79 Å². The average Bonchev–Trinajstić information content (AvgIpc) is 2.53. The third kappa shape index (κ3) is 2.35. The SMILES string of the molecule is COc1ccc2nc(-c3ccc(C#N)cc3)c(=O)[nH]c2c1. The van der Waals surface area contributed by atoms with Gasteiger partial charge >= 0.3 is 0 Å². The molecule has 0 aliphatic rings. The van der Waals surface area contributed by atoms with Gasteiger partial charge in [0.1, 0.15) is 11.4 Å². The first-order valence-electron chi connectivity index (χ1n) is 6.30. The van der Waals surface area contributed by atoms with E-state index in [1.165, 1.54) is 0 Å². The maximum absolute atomic E-state index is 12.2. The smallest absolute Gasteiger partial charge is 0.274 e. The zero-order chi connectivity index (χ0) is 14.8. The number of ether oxygens (including phenoxy) is 1. The highest BCUT2D eigenvalue weighted by molar-refractivity contribution is 5.78. The quantitative estimate of drug-likeness (QED) is 0.780. The van der Waals surface area contributed by atoms with Crippen LogP contribution in [0.3, 0.4) is 0 Å². The number of methoxy groups -OCH3 is 1. The topological polar surface area (TPSA) is 78.8 Å². The van der Waals surface area contributed by atoms with Crippen molar-refractivity contribution in [3.8, 4) is 23.1 Å². The molecule has 0 aliphatic carbocycles. The number of fused-ring (bicyclic) bond motifs is 1. The molecule has 5 nitrogen and oxygen atoms in total. The molecule has 0 unspecified atom stereocenters. The van der Waals surface area contributed by atoms with E-state index in [1.807, 2.05) is 6.07 Å². The molecule has 0 saturated heterocycles. The van der Waals surface area contributed by atoms with E-state index >= 15 is 0 Å². The summed E-state index contributed by atoms with van der Waals surface area (Å²) < 4.78 is 5.12. The molecule has 3 aromatic rings. The first kappa shape index (κ1) is 12.9. The minimum Gasteiger partial charge on any atom is -0.497 e. The van der Waals surface area contributed by atoms with Crippen molar-refractivity contribution < 1.29 is 4.74 Å². The molecule has 0 amide bonds. The number of benzene rings is 2. The van der Waals surface area contributed by atoms with Crippen molar-refractivity contribution in [1.82, 2.24) is 9.97 Å². The van der Waals surface area contributed by atoms with Crippen LogP contribution >= 0.6 is 0 Å². The molecule has 21 heavy (non-hydrogen) atoms. The summed E-state index contributed by atoms with van der Waals surface area (Å²) in [6, 6.07) is 14.1. The molecule has 3 rings (SSSR count). The lowest BCUT2D eigenvalue weighted by molar-refractivity contribution is 0.415. The third-order valence-corrected chi connectivity index (χ3v) is 3.19. The predicted molar refractivity (Wildman–Crippen MR) is 79.1 cm³/mol. The van der Waals surface area contributed by atoms with Gasteiger partial charge < -0.3 is 9.72 Å². The van der Waals surface area contributed by atoms with Gasteiger partial charge in [0.05, 0.1) is 29.8 Å². The van der Waals surface area contributed by atoms with E-state index in [1.54, 1.807) is 49.6 Å². The Morgan fingerprint density at radius 3 is 2.62 bits per heavy atom. The summed E-state index contributed by atoms with van der Waals surface area (Å²) in [5, 5.41) is 8.80. The normalized spacial score (nSPS) is 10.3. The summed E-state index contributed by atoms with van der Waals surface area (Å²) in [7, 11) is 1.57. The van der Waals surface area contributed by atoms with Crippen molar-refractivity contribution >= 4 is 11.0 Å². The highest BCUT2D eigenvalue weighted by Crippen LogP contribution is 2.20. The highest BCUT2D eigenvalue weighted by Gasteiger charge is 2.08. The second kappa shape index (κ2) is 5.10. The van der Waals surface area contributed by atoms with Crippen LogP contribution in [0.5, 0.6) is 5.75 Å². The molecule has 5 heteroatoms. The van der Waals surface area contributed by atoms with Gasteiger partial charge in [-0.25, -0.2) is 4.98 Å². The molecule has 0 fully saturated rings. The lowest BCUT2D eigenvalue weighted by atomic mass is 10.1. The van der Waals surface area contributed by atoms with Crippen molar-refractivity contribution in [1.29, 1.82) is 5.26 Å². The average molecular weight is 277 g/mol. The Kier molecular flexibility index (Phi) is 3.13. The molecule has 1 N–H and O–H groups in total. The number of aromatic amines is 1. The third-order valence-electron chi connectivity index (χ3n) is 3.19. The number of hydrogen-bond acceptors (Lipinski definition) is 4. The molecule has 0 atom stereocenters. The Labute approximate surface area is 120 Å². The van der Waals surface area contributed by atoms with E-state index in [2.05, 4.69) is 9.97 Å². The largest absolute Gasteiger partial charge is 0.497 e. The molecular weight excluding hydrogens is 266 g/mol. The van der Waals surface area contributed by atoms with Gasteiger partial charge in [-0.1, -0.05) is 12.1 Å². The molecule has 0 aliphatic heterocycles. The van der Waals surface area contributed by atoms with Crippen LogP contribution in [0.2, 0.25) is 0 Å². The minimum atomic E-state index is -0.277. The number of aromatic nitrogens is 2. The van der Waals surface area contributed by atoms with Crippen molar-refractivity contribution in [3.63, 3.8) is 0 Å². The van der Waals surface area contributed by atoms with Gasteiger partial charge in [-0.05, 0) is 24.3 Å². The molecule has 1 heterocycles. The molecule has 0 spiro atoms. The lowest BCUT2D eigenvalue weighted by Crippen LogP contribution is -2.11. The Balaban J connectivity index is 2.16. The number of H-pyrrole nitrogens is 1. The van der Waals surface area contributed by atoms with Gasteiger partial charge in [-0.15, -0.1) is 0 Å². The summed E-state index contributed by atoms with van der Waals surface area (Å²) >= 11 is 0. The fourth-order valence-electron chi connectivity index (χ4n) is 2.09. The number of rotatable bonds is 2. The molecule has 1 aromatic heterocycles. The Bertz CT molecular complexity index is 905. The molecular formula is C16H11N3O2. The van der Waals surface area contributed by atoms with Crippen molar-refractivity contribution in [3.05, 3.63) is 58.4 Å². The van der Waals surface area contributed by atoms with E-state index in [9.17, 15) is 4.79 Å². The van der Waals surface area contributed by atoms with Crippen molar-refractivity contribution in [2.75, 3.05) is 7.11 Å². The number of nitrogens with one attached hydrogen (secondary N) is 1. The number of nitriles is 1. The molecule has 0 saturated carbocycles. The second-order valence-electron chi connectivity index (χ2n) is 4.49. The Morgan fingerprint density at radius 2 is 1.95 bits per heavy atom. The van der Waals surface area contributed by atoms with Crippen LogP contribution in [-0.4, -0.2) is 17.1 Å². The Morgan fingerprint density at radius 1 is 1.19 bits per heavy atom. The van der Waals surface area contributed by atoms with E-state index < -0.39 is 0 Å². The van der Waals surface area contributed by atoms with Crippen LogP contribution in [0.25, 0.3) is 22.3 Å². The standard InChI is InChI=1S/C16H11N3O2/c1-21-12-6-7-13-14(8-12)19-16(20)15(18-13)11-4-2-10(9-17)3-5-11/h2-8H,1H3,(H,19,20). The predicted octanol–water partition coefficient (Wildman–Crippen LogP) is 2.47. The van der Waals surface area contributed by atoms with E-state index in [0.29, 0.717) is 33.6 Å². The fourth-order valence-corrected chi connectivity index (χ4v) is 2.09. The van der Waals surface area contributed by atoms with Gasteiger partial charge in [0, 0.05) is 11.6 Å². The van der Waals surface area contributed by atoms with Gasteiger partial charge in [0.25, 0.3) is 5.56 Å². The van der Waals surface area contributed by atoms with Gasteiger partial charge in [-0.2, -0.15) is 5.26 Å². The zero-order valence-electron chi connectivity index (χ0n) is 11.3. The maximum Gasteiger partial charge on any atom is 0.274 e. The minimum absolute atomic E-state index is 0.277. The van der Waals surface area contributed by atoms with Crippen LogP contribution in [0.4, 0.5) is 0 Å². The van der Waals surface area contributed by atoms with E-state index in [0.717, 1.165) is 0 Å².